The van der Waals surface area contributed by atoms with Gasteiger partial charge < -0.3 is 45.2 Å². The minimum absolute atomic E-state index is 0. The van der Waals surface area contributed by atoms with Crippen molar-refractivity contribution in [3.63, 3.8) is 0 Å². The molecule has 0 bridgehead atoms. The molecule has 0 saturated heterocycles. The third-order valence-electron chi connectivity index (χ3n) is 0. The molecule has 0 unspecified atom stereocenters. The van der Waals surface area contributed by atoms with Gasteiger partial charge in [0.05, 0.1) is 0 Å². The summed E-state index contributed by atoms with van der Waals surface area (Å²) in [5.41, 5.74) is 0. The van der Waals surface area contributed by atoms with E-state index in [1.54, 1.807) is 0 Å². The zero-order valence-corrected chi connectivity index (χ0v) is 15.9. The van der Waals surface area contributed by atoms with Crippen molar-refractivity contribution in [2.45, 2.75) is 0 Å². The Morgan fingerprint density at radius 1 is 0.375 bits per heavy atom. The predicted octanol–water partition coefficient (Wildman–Crippen LogP) is -13.4. The van der Waals surface area contributed by atoms with E-state index in [0.29, 0.717) is 0 Å². The summed E-state index contributed by atoms with van der Waals surface area (Å²) in [6, 6.07) is 0. The summed E-state index contributed by atoms with van der Waals surface area (Å²) in [6.07, 6.45) is 0. The Hall–Kier alpha value is 4.15. The second-order valence-corrected chi connectivity index (χ2v) is 0.866. The number of hydrogen-bond acceptors (Lipinski definition) is 9. The maximum Gasteiger partial charge on any atom is 3.00 e. The van der Waals surface area contributed by atoms with Crippen molar-refractivity contribution in [2.75, 3.05) is 0 Å². The van der Waals surface area contributed by atoms with Crippen LogP contribution in [-0.4, -0.2) is 153 Å². The van der Waals surface area contributed by atoms with Gasteiger partial charge in [-0.05, 0) is 0 Å². The Labute approximate surface area is 194 Å². The molecule has 0 amide bonds. The molecule has 0 N–H and O–H groups in total. The van der Waals surface area contributed by atoms with E-state index in [0.717, 1.165) is 0 Å². The van der Waals surface area contributed by atoms with E-state index < -0.39 is 22.0 Å². The molecular formula is AlB3Ca3O9. The molecule has 0 rings (SSSR count). The zero-order valence-electron chi connectivity index (χ0n) is 8.10. The predicted molar refractivity (Wildman–Crippen MR) is 40.3 cm³/mol. The van der Waals surface area contributed by atoms with Gasteiger partial charge in [-0.15, -0.1) is 0 Å². The summed E-state index contributed by atoms with van der Waals surface area (Å²) < 4.78 is 0. The first-order valence-corrected chi connectivity index (χ1v) is 2.12. The normalized spacial score (nSPS) is 5.06. The molecule has 9 nitrogen and oxygen atoms in total. The maximum atomic E-state index is 8.42. The molecule has 0 heterocycles. The fourth-order valence-electron chi connectivity index (χ4n) is 0. The van der Waals surface area contributed by atoms with Crippen molar-refractivity contribution in [1.29, 1.82) is 0 Å². The molecule has 0 aromatic heterocycles. The second kappa shape index (κ2) is 36.5. The van der Waals surface area contributed by atoms with Gasteiger partial charge in [-0.3, -0.25) is 22.0 Å². The van der Waals surface area contributed by atoms with Gasteiger partial charge in [0.1, 0.15) is 0 Å². The van der Waals surface area contributed by atoms with E-state index in [1.165, 1.54) is 0 Å². The summed E-state index contributed by atoms with van der Waals surface area (Å²) >= 11 is 0. The van der Waals surface area contributed by atoms with Crippen LogP contribution in [0.1, 0.15) is 0 Å². The molecule has 0 fully saturated rings. The second-order valence-electron chi connectivity index (χ2n) is 0.866. The molecule has 0 saturated carbocycles. The molecule has 0 radical (unpaired) electrons. The van der Waals surface area contributed by atoms with Crippen LogP contribution >= 0.6 is 0 Å². The summed E-state index contributed by atoms with van der Waals surface area (Å²) in [7, 11) is -8.75. The van der Waals surface area contributed by atoms with E-state index in [4.69, 9.17) is 45.2 Å². The molecule has 16 heavy (non-hydrogen) atoms. The van der Waals surface area contributed by atoms with Gasteiger partial charge in [0.2, 0.25) is 0 Å². The van der Waals surface area contributed by atoms with Crippen LogP contribution in [0.5, 0.6) is 0 Å². The SMILES string of the molecule is [Al+3].[Ca+2].[Ca+2].[Ca+2].[O-]B([O-])[O-].[O-]B([O-])[O-].[O-]B([O-])[O-]. The van der Waals surface area contributed by atoms with Crippen LogP contribution in [0, 0.1) is 0 Å². The van der Waals surface area contributed by atoms with Gasteiger partial charge in [-0.2, -0.15) is 0 Å². The van der Waals surface area contributed by atoms with Crippen LogP contribution in [0.15, 0.2) is 0 Å². The fourth-order valence-corrected chi connectivity index (χ4v) is 0. The average Bonchev–Trinajstić information content (AvgIpc) is 1.54. The smallest absolute Gasteiger partial charge is 0.907 e. The summed E-state index contributed by atoms with van der Waals surface area (Å²) in [5.74, 6) is 0. The zero-order chi connectivity index (χ0) is 10.7. The Bertz CT molecular complexity index is 54.5. The molecule has 0 spiro atoms. The van der Waals surface area contributed by atoms with Crippen LogP contribution in [0.3, 0.4) is 0 Å². The van der Waals surface area contributed by atoms with Gasteiger partial charge in [-0.1, -0.05) is 0 Å². The Morgan fingerprint density at radius 3 is 0.375 bits per heavy atom. The largest absolute Gasteiger partial charge is 3.00 e. The third-order valence-corrected chi connectivity index (χ3v) is 0. The van der Waals surface area contributed by atoms with Crippen molar-refractivity contribution in [3.8, 4) is 0 Å². The fraction of sp³-hybridized carbons (Fsp3) is 0. The van der Waals surface area contributed by atoms with Crippen LogP contribution in [0.2, 0.25) is 0 Å². The van der Waals surface area contributed by atoms with Gasteiger partial charge in [0.15, 0.2) is 0 Å². The molecular weight excluding hydrogens is 324 g/mol. The van der Waals surface area contributed by atoms with Crippen LogP contribution in [0.25, 0.3) is 0 Å². The standard InChI is InChI=1S/Al.3BO3.3Ca/c;3*2-1(3)4;;;/q+3;3*-3;3*+2. The van der Waals surface area contributed by atoms with Crippen molar-refractivity contribution in [3.05, 3.63) is 0 Å². The Morgan fingerprint density at radius 2 is 0.375 bits per heavy atom. The summed E-state index contributed by atoms with van der Waals surface area (Å²) in [4.78, 5) is 0. The summed E-state index contributed by atoms with van der Waals surface area (Å²) in [5, 5.41) is 75.8. The van der Waals surface area contributed by atoms with Gasteiger partial charge in [0, 0.05) is 0 Å². The van der Waals surface area contributed by atoms with Crippen LogP contribution in [-0.2, 0) is 0 Å². The van der Waals surface area contributed by atoms with Crippen molar-refractivity contribution >= 4 is 153 Å². The van der Waals surface area contributed by atoms with E-state index in [9.17, 15) is 0 Å². The monoisotopic (exact) mass is 324 g/mol. The van der Waals surface area contributed by atoms with Crippen molar-refractivity contribution < 1.29 is 45.2 Å². The van der Waals surface area contributed by atoms with Crippen LogP contribution < -0.4 is 45.2 Å². The Balaban J connectivity index is -0.0000000135. The minimum Gasteiger partial charge on any atom is -0.907 e. The average molecular weight is 324 g/mol. The van der Waals surface area contributed by atoms with Gasteiger partial charge in [-0.25, -0.2) is 0 Å². The van der Waals surface area contributed by atoms with Crippen molar-refractivity contribution in [2.24, 2.45) is 0 Å². The van der Waals surface area contributed by atoms with Crippen LogP contribution in [0.4, 0.5) is 0 Å². The first kappa shape index (κ1) is 42.7. The minimum atomic E-state index is -2.92. The van der Waals surface area contributed by atoms with Gasteiger partial charge >= 0.3 is 131 Å². The van der Waals surface area contributed by atoms with E-state index in [2.05, 4.69) is 0 Å². The first-order valence-electron chi connectivity index (χ1n) is 2.12. The first-order chi connectivity index (χ1) is 5.20. The topological polar surface area (TPSA) is 208 Å². The number of rotatable bonds is 0. The molecule has 0 aliphatic rings. The molecule has 72 valence electrons. The molecule has 0 aliphatic heterocycles. The number of hydrogen-bond donors (Lipinski definition) is 0. The quantitative estimate of drug-likeness (QED) is 0.387. The molecule has 0 aromatic rings. The molecule has 0 aliphatic carbocycles. The van der Waals surface area contributed by atoms with E-state index in [-0.39, 0.29) is 131 Å². The van der Waals surface area contributed by atoms with Gasteiger partial charge in [0.25, 0.3) is 0 Å². The molecule has 0 aromatic carbocycles. The maximum absolute atomic E-state index is 8.42. The van der Waals surface area contributed by atoms with E-state index in [1.807, 2.05) is 0 Å². The third kappa shape index (κ3) is 310. The van der Waals surface area contributed by atoms with E-state index >= 15 is 0 Å². The summed E-state index contributed by atoms with van der Waals surface area (Å²) in [6.45, 7) is 0. The Kier molecular flexibility index (Phi) is 97.4. The van der Waals surface area contributed by atoms with Crippen molar-refractivity contribution in [1.82, 2.24) is 0 Å². The molecule has 0 atom stereocenters. The molecule has 16 heteroatoms.